The number of nitrogens with zero attached hydrogens (tertiary/aromatic N) is 2. The fourth-order valence-electron chi connectivity index (χ4n) is 0.972. The van der Waals surface area contributed by atoms with Crippen LogP contribution in [0.25, 0.3) is 5.52 Å². The number of fused-ring (bicyclic) bond motifs is 1. The van der Waals surface area contributed by atoms with Crippen LogP contribution in [0.1, 0.15) is 0 Å². The van der Waals surface area contributed by atoms with E-state index in [1.54, 1.807) is 12.4 Å². The van der Waals surface area contributed by atoms with Gasteiger partial charge in [0.2, 0.25) is 0 Å². The second-order valence-electron chi connectivity index (χ2n) is 2.15. The average molecular weight is 231 g/mol. The van der Waals surface area contributed by atoms with Gasteiger partial charge in [-0.15, -0.1) is 0 Å². The third-order valence-electron chi connectivity index (χ3n) is 1.48. The first kappa shape index (κ1) is 7.13. The maximum absolute atomic E-state index is 5.89. The summed E-state index contributed by atoms with van der Waals surface area (Å²) in [6.07, 6.45) is 5.30. The minimum Gasteiger partial charge on any atom is -0.307 e. The van der Waals surface area contributed by atoms with Crippen LogP contribution in [0.4, 0.5) is 0 Å². The standard InChI is InChI=1S/C7H4BrClN2/c8-7-3-5(9)6-4-10-1-2-11(6)7/h1-4H. The fourth-order valence-corrected chi connectivity index (χ4v) is 1.89. The van der Waals surface area contributed by atoms with Crippen molar-refractivity contribution in [2.75, 3.05) is 0 Å². The van der Waals surface area contributed by atoms with Gasteiger partial charge in [0.25, 0.3) is 0 Å². The number of hydrogen-bond donors (Lipinski definition) is 0. The smallest absolute Gasteiger partial charge is 0.0908 e. The van der Waals surface area contributed by atoms with Crippen molar-refractivity contribution in [3.63, 3.8) is 0 Å². The molecule has 0 aliphatic heterocycles. The Balaban J connectivity index is 2.95. The molecule has 0 atom stereocenters. The minimum atomic E-state index is 0.713. The molecule has 56 valence electrons. The third-order valence-corrected chi connectivity index (χ3v) is 2.39. The molecule has 2 rings (SSSR count). The summed E-state index contributed by atoms with van der Waals surface area (Å²) in [5.41, 5.74) is 0.918. The maximum Gasteiger partial charge on any atom is 0.0908 e. The van der Waals surface area contributed by atoms with Gasteiger partial charge in [0.1, 0.15) is 0 Å². The molecule has 0 amide bonds. The van der Waals surface area contributed by atoms with Crippen LogP contribution >= 0.6 is 27.5 Å². The van der Waals surface area contributed by atoms with Crippen molar-refractivity contribution >= 4 is 33.0 Å². The molecular formula is C7H4BrClN2. The van der Waals surface area contributed by atoms with Gasteiger partial charge in [-0.3, -0.25) is 4.98 Å². The van der Waals surface area contributed by atoms with E-state index in [0.717, 1.165) is 10.1 Å². The van der Waals surface area contributed by atoms with E-state index in [1.807, 2.05) is 16.7 Å². The van der Waals surface area contributed by atoms with Gasteiger partial charge in [0.05, 0.1) is 21.3 Å². The highest BCUT2D eigenvalue weighted by atomic mass is 79.9. The van der Waals surface area contributed by atoms with Crippen LogP contribution in [0.2, 0.25) is 5.02 Å². The molecule has 0 saturated carbocycles. The van der Waals surface area contributed by atoms with Gasteiger partial charge in [-0.25, -0.2) is 0 Å². The Morgan fingerprint density at radius 3 is 3.09 bits per heavy atom. The number of halogens is 2. The lowest BCUT2D eigenvalue weighted by Gasteiger charge is -1.92. The summed E-state index contributed by atoms with van der Waals surface area (Å²) < 4.78 is 2.87. The molecule has 0 aliphatic rings. The lowest BCUT2D eigenvalue weighted by atomic mass is 10.5. The van der Waals surface area contributed by atoms with Crippen LogP contribution in [0.15, 0.2) is 29.3 Å². The van der Waals surface area contributed by atoms with E-state index in [0.29, 0.717) is 5.02 Å². The predicted molar refractivity (Wildman–Crippen MR) is 47.9 cm³/mol. The van der Waals surface area contributed by atoms with Crippen LogP contribution in [0.5, 0.6) is 0 Å². The van der Waals surface area contributed by atoms with Crippen LogP contribution in [0.3, 0.4) is 0 Å². The Morgan fingerprint density at radius 1 is 1.55 bits per heavy atom. The van der Waals surface area contributed by atoms with Crippen LogP contribution in [-0.2, 0) is 0 Å². The predicted octanol–water partition coefficient (Wildman–Crippen LogP) is 2.75. The van der Waals surface area contributed by atoms with Gasteiger partial charge in [-0.2, -0.15) is 0 Å². The Labute approximate surface area is 76.9 Å². The highest BCUT2D eigenvalue weighted by Gasteiger charge is 2.02. The molecule has 0 aromatic carbocycles. The first-order valence-electron chi connectivity index (χ1n) is 3.05. The molecule has 0 N–H and O–H groups in total. The van der Waals surface area contributed by atoms with E-state index in [4.69, 9.17) is 11.6 Å². The second kappa shape index (κ2) is 2.50. The molecule has 0 spiro atoms. The molecule has 2 aromatic heterocycles. The molecule has 2 nitrogen and oxygen atoms in total. The molecule has 11 heavy (non-hydrogen) atoms. The highest BCUT2D eigenvalue weighted by molar-refractivity contribution is 9.10. The number of hydrogen-bond acceptors (Lipinski definition) is 1. The van der Waals surface area contributed by atoms with E-state index in [1.165, 1.54) is 0 Å². The molecule has 0 saturated heterocycles. The van der Waals surface area contributed by atoms with Crippen molar-refractivity contribution in [2.24, 2.45) is 0 Å². The van der Waals surface area contributed by atoms with Gasteiger partial charge in [0, 0.05) is 12.4 Å². The summed E-state index contributed by atoms with van der Waals surface area (Å²) in [5.74, 6) is 0. The molecule has 4 heteroatoms. The summed E-state index contributed by atoms with van der Waals surface area (Å²) in [5, 5.41) is 0.713. The van der Waals surface area contributed by atoms with Crippen molar-refractivity contribution in [3.05, 3.63) is 34.3 Å². The normalized spacial score (nSPS) is 10.7. The van der Waals surface area contributed by atoms with Crippen LogP contribution < -0.4 is 0 Å². The van der Waals surface area contributed by atoms with E-state index in [9.17, 15) is 0 Å². The van der Waals surface area contributed by atoms with Gasteiger partial charge in [-0.1, -0.05) is 11.6 Å². The topological polar surface area (TPSA) is 17.3 Å². The van der Waals surface area contributed by atoms with Crippen LogP contribution in [-0.4, -0.2) is 9.38 Å². The van der Waals surface area contributed by atoms with Crippen molar-refractivity contribution in [1.82, 2.24) is 9.38 Å². The zero-order valence-electron chi connectivity index (χ0n) is 5.46. The minimum absolute atomic E-state index is 0.713. The van der Waals surface area contributed by atoms with E-state index < -0.39 is 0 Å². The Bertz CT molecular complexity index is 360. The summed E-state index contributed by atoms with van der Waals surface area (Å²) >= 11 is 9.26. The average Bonchev–Trinajstić information content (AvgIpc) is 2.30. The zero-order chi connectivity index (χ0) is 7.84. The molecule has 0 aliphatic carbocycles. The van der Waals surface area contributed by atoms with E-state index >= 15 is 0 Å². The molecule has 2 heterocycles. The second-order valence-corrected chi connectivity index (χ2v) is 3.37. The number of aromatic nitrogens is 2. The molecule has 0 bridgehead atoms. The van der Waals surface area contributed by atoms with Gasteiger partial charge < -0.3 is 4.40 Å². The summed E-state index contributed by atoms with van der Waals surface area (Å²) in [4.78, 5) is 3.96. The summed E-state index contributed by atoms with van der Waals surface area (Å²) in [6, 6.07) is 1.85. The van der Waals surface area contributed by atoms with Crippen molar-refractivity contribution < 1.29 is 0 Å². The molecule has 0 fully saturated rings. The Hall–Kier alpha value is -0.540. The van der Waals surface area contributed by atoms with E-state index in [2.05, 4.69) is 20.9 Å². The van der Waals surface area contributed by atoms with Crippen molar-refractivity contribution in [1.29, 1.82) is 0 Å². The fraction of sp³-hybridized carbons (Fsp3) is 0. The highest BCUT2D eigenvalue weighted by Crippen LogP contribution is 2.24. The first-order valence-corrected chi connectivity index (χ1v) is 4.22. The van der Waals surface area contributed by atoms with Crippen LogP contribution in [0, 0.1) is 0 Å². The largest absolute Gasteiger partial charge is 0.307 e. The van der Waals surface area contributed by atoms with Gasteiger partial charge in [-0.05, 0) is 22.0 Å². The number of rotatable bonds is 0. The maximum atomic E-state index is 5.89. The Kier molecular flexibility index (Phi) is 1.62. The SMILES string of the molecule is Clc1cc(Br)n2ccncc12. The van der Waals surface area contributed by atoms with E-state index in [-0.39, 0.29) is 0 Å². The van der Waals surface area contributed by atoms with Crippen molar-refractivity contribution in [3.8, 4) is 0 Å². The van der Waals surface area contributed by atoms with Crippen molar-refractivity contribution in [2.45, 2.75) is 0 Å². The zero-order valence-corrected chi connectivity index (χ0v) is 7.80. The third kappa shape index (κ3) is 1.04. The van der Waals surface area contributed by atoms with Gasteiger partial charge >= 0.3 is 0 Å². The monoisotopic (exact) mass is 230 g/mol. The summed E-state index contributed by atoms with van der Waals surface area (Å²) in [6.45, 7) is 0. The van der Waals surface area contributed by atoms with Gasteiger partial charge in [0.15, 0.2) is 0 Å². The lowest BCUT2D eigenvalue weighted by molar-refractivity contribution is 1.11. The lowest BCUT2D eigenvalue weighted by Crippen LogP contribution is -1.82. The molecule has 0 radical (unpaired) electrons. The Morgan fingerprint density at radius 2 is 2.36 bits per heavy atom. The summed E-state index contributed by atoms with van der Waals surface area (Å²) in [7, 11) is 0. The molecule has 2 aromatic rings. The molecule has 0 unspecified atom stereocenters. The quantitative estimate of drug-likeness (QED) is 0.681. The first-order chi connectivity index (χ1) is 5.29. The molecular weight excluding hydrogens is 227 g/mol.